The van der Waals surface area contributed by atoms with E-state index < -0.39 is 14.8 Å². The average Bonchev–Trinajstić information content (AvgIpc) is 2.93. The van der Waals surface area contributed by atoms with Crippen molar-refractivity contribution in [2.24, 2.45) is 5.41 Å². The maximum Gasteiger partial charge on any atom is 0.258 e. The van der Waals surface area contributed by atoms with E-state index in [1.807, 2.05) is 0 Å². The number of carbonyl (C=O) groups excluding carboxylic acids is 1. The highest BCUT2D eigenvalue weighted by Gasteiger charge is 2.62. The highest BCUT2D eigenvalue weighted by molar-refractivity contribution is 7.94. The Hall–Kier alpha value is -0.620. The molecule has 1 amide bonds. The molecule has 1 aliphatic heterocycles. The van der Waals surface area contributed by atoms with Crippen molar-refractivity contribution in [1.82, 2.24) is 4.31 Å². The van der Waals surface area contributed by atoms with Gasteiger partial charge < -0.3 is 5.11 Å². The van der Waals surface area contributed by atoms with Crippen LogP contribution in [0.5, 0.6) is 0 Å². The third-order valence-corrected chi connectivity index (χ3v) is 5.79. The van der Waals surface area contributed by atoms with Gasteiger partial charge in [0.15, 0.2) is 4.75 Å². The predicted molar refractivity (Wildman–Crippen MR) is 53.5 cm³/mol. The molecule has 0 aromatic rings. The van der Waals surface area contributed by atoms with Crippen molar-refractivity contribution in [2.75, 3.05) is 13.2 Å². The third-order valence-electron chi connectivity index (χ3n) is 3.45. The van der Waals surface area contributed by atoms with Gasteiger partial charge in [-0.15, -0.1) is 0 Å². The van der Waals surface area contributed by atoms with Crippen LogP contribution in [0, 0.1) is 5.41 Å². The van der Waals surface area contributed by atoms with Gasteiger partial charge in [0, 0.05) is 12.0 Å². The van der Waals surface area contributed by atoms with Crippen LogP contribution in [0.2, 0.25) is 0 Å². The Morgan fingerprint density at radius 2 is 1.93 bits per heavy atom. The van der Waals surface area contributed by atoms with Crippen LogP contribution in [0.15, 0.2) is 0 Å². The van der Waals surface area contributed by atoms with Gasteiger partial charge in [-0.2, -0.15) is 0 Å². The number of aliphatic hydroxyl groups is 1. The number of rotatable bonds is 3. The molecule has 2 aliphatic rings. The molecule has 2 rings (SSSR count). The Morgan fingerprint density at radius 3 is 2.27 bits per heavy atom. The van der Waals surface area contributed by atoms with Gasteiger partial charge in [-0.25, -0.2) is 12.7 Å². The molecule has 0 bridgehead atoms. The number of amides is 1. The fourth-order valence-electron chi connectivity index (χ4n) is 1.76. The Balaban J connectivity index is 2.17. The van der Waals surface area contributed by atoms with E-state index in [2.05, 4.69) is 0 Å². The number of hydrogen-bond donors (Lipinski definition) is 1. The van der Waals surface area contributed by atoms with Crippen LogP contribution in [0.1, 0.15) is 26.7 Å². The second-order valence-electron chi connectivity index (χ2n) is 4.99. The summed E-state index contributed by atoms with van der Waals surface area (Å²) >= 11 is 0. The Labute approximate surface area is 89.1 Å². The molecule has 15 heavy (non-hydrogen) atoms. The van der Waals surface area contributed by atoms with Crippen LogP contribution in [0.4, 0.5) is 0 Å². The molecule has 1 N–H and O–H groups in total. The summed E-state index contributed by atoms with van der Waals surface area (Å²) < 4.78 is 23.1. The van der Waals surface area contributed by atoms with Gasteiger partial charge in [0.05, 0.1) is 6.61 Å². The van der Waals surface area contributed by atoms with Crippen LogP contribution in [-0.2, 0) is 14.8 Å². The normalized spacial score (nSPS) is 29.8. The molecular formula is C9H15NO4S. The molecule has 1 saturated heterocycles. The molecule has 0 atom stereocenters. The summed E-state index contributed by atoms with van der Waals surface area (Å²) in [6.07, 6.45) is 1.59. The lowest BCUT2D eigenvalue weighted by Crippen LogP contribution is -2.68. The largest absolute Gasteiger partial charge is 0.396 e. The summed E-state index contributed by atoms with van der Waals surface area (Å²) in [5.74, 6) is -0.359. The Morgan fingerprint density at radius 1 is 1.40 bits per heavy atom. The molecule has 0 radical (unpaired) electrons. The van der Waals surface area contributed by atoms with Crippen molar-refractivity contribution in [2.45, 2.75) is 31.4 Å². The maximum atomic E-state index is 11.7. The second kappa shape index (κ2) is 2.74. The van der Waals surface area contributed by atoms with E-state index in [1.54, 1.807) is 0 Å². The topological polar surface area (TPSA) is 74.7 Å². The van der Waals surface area contributed by atoms with Crippen molar-refractivity contribution in [3.8, 4) is 0 Å². The van der Waals surface area contributed by atoms with Crippen LogP contribution < -0.4 is 0 Å². The van der Waals surface area contributed by atoms with Crippen LogP contribution in [-0.4, -0.2) is 41.6 Å². The van der Waals surface area contributed by atoms with Gasteiger partial charge in [0.1, 0.15) is 0 Å². The van der Waals surface area contributed by atoms with Crippen LogP contribution >= 0.6 is 0 Å². The van der Waals surface area contributed by atoms with Crippen LogP contribution in [0.25, 0.3) is 0 Å². The molecule has 2 fully saturated rings. The van der Waals surface area contributed by atoms with Crippen molar-refractivity contribution in [3.63, 3.8) is 0 Å². The average molecular weight is 233 g/mol. The monoisotopic (exact) mass is 233 g/mol. The van der Waals surface area contributed by atoms with Gasteiger partial charge >= 0.3 is 0 Å². The first kappa shape index (κ1) is 10.9. The highest BCUT2D eigenvalue weighted by Crippen LogP contribution is 2.48. The minimum atomic E-state index is -3.48. The van der Waals surface area contributed by atoms with E-state index in [0.29, 0.717) is 0 Å². The summed E-state index contributed by atoms with van der Waals surface area (Å²) in [6.45, 7) is 2.93. The zero-order valence-electron chi connectivity index (χ0n) is 8.86. The zero-order chi connectivity index (χ0) is 11.5. The van der Waals surface area contributed by atoms with E-state index in [-0.39, 0.29) is 24.5 Å². The van der Waals surface area contributed by atoms with E-state index >= 15 is 0 Å². The standard InChI is InChI=1S/C9H15NO4S/c1-8(2)7(12)10(15(8,13)14)5-9(6-11)3-4-9/h11H,3-6H2,1-2H3. The molecule has 0 aromatic carbocycles. The smallest absolute Gasteiger partial charge is 0.258 e. The zero-order valence-corrected chi connectivity index (χ0v) is 9.67. The lowest BCUT2D eigenvalue weighted by Gasteiger charge is -2.44. The molecule has 1 saturated carbocycles. The molecule has 0 spiro atoms. The minimum Gasteiger partial charge on any atom is -0.396 e. The lowest BCUT2D eigenvalue weighted by atomic mass is 10.1. The van der Waals surface area contributed by atoms with Gasteiger partial charge in [-0.05, 0) is 26.7 Å². The van der Waals surface area contributed by atoms with E-state index in [9.17, 15) is 13.2 Å². The molecular weight excluding hydrogens is 218 g/mol. The van der Waals surface area contributed by atoms with Gasteiger partial charge in [0.25, 0.3) is 15.9 Å². The Bertz CT molecular complexity index is 408. The molecule has 0 unspecified atom stereocenters. The number of aliphatic hydroxyl groups excluding tert-OH is 1. The maximum absolute atomic E-state index is 11.7. The predicted octanol–water partition coefficient (Wildman–Crippen LogP) is -0.291. The molecule has 1 heterocycles. The van der Waals surface area contributed by atoms with Gasteiger partial charge in [0.2, 0.25) is 0 Å². The SMILES string of the molecule is CC1(C)C(=O)N(CC2(CO)CC2)S1(=O)=O. The third kappa shape index (κ3) is 1.24. The quantitative estimate of drug-likeness (QED) is 0.727. The van der Waals surface area contributed by atoms with Crippen molar-refractivity contribution in [1.29, 1.82) is 0 Å². The lowest BCUT2D eigenvalue weighted by molar-refractivity contribution is -0.133. The first-order valence-electron chi connectivity index (χ1n) is 4.94. The van der Waals surface area contributed by atoms with Gasteiger partial charge in [-0.3, -0.25) is 4.79 Å². The second-order valence-corrected chi connectivity index (χ2v) is 7.40. The fraction of sp³-hybridized carbons (Fsp3) is 0.889. The fourth-order valence-corrected chi connectivity index (χ4v) is 3.40. The highest BCUT2D eigenvalue weighted by atomic mass is 32.2. The number of nitrogens with zero attached hydrogens (tertiary/aromatic N) is 1. The summed E-state index contributed by atoms with van der Waals surface area (Å²) in [7, 11) is -3.48. The van der Waals surface area contributed by atoms with Gasteiger partial charge in [-0.1, -0.05) is 0 Å². The van der Waals surface area contributed by atoms with Crippen LogP contribution in [0.3, 0.4) is 0 Å². The van der Waals surface area contributed by atoms with E-state index in [1.165, 1.54) is 13.8 Å². The molecule has 86 valence electrons. The first-order chi connectivity index (χ1) is 6.77. The van der Waals surface area contributed by atoms with Crippen molar-refractivity contribution < 1.29 is 18.3 Å². The van der Waals surface area contributed by atoms with E-state index in [4.69, 9.17) is 5.11 Å². The number of hydrogen-bond acceptors (Lipinski definition) is 4. The number of carbonyl (C=O) groups is 1. The summed E-state index contributed by atoms with van der Waals surface area (Å²) in [6, 6.07) is 0. The Kier molecular flexibility index (Phi) is 1.98. The summed E-state index contributed by atoms with van der Waals surface area (Å²) in [5, 5.41) is 9.08. The summed E-state index contributed by atoms with van der Waals surface area (Å²) in [4.78, 5) is 11.6. The molecule has 1 aliphatic carbocycles. The van der Waals surface area contributed by atoms with E-state index in [0.717, 1.165) is 17.1 Å². The molecule has 6 heteroatoms. The molecule has 5 nitrogen and oxygen atoms in total. The van der Waals surface area contributed by atoms with Crippen molar-refractivity contribution >= 4 is 15.9 Å². The molecule has 0 aromatic heterocycles. The minimum absolute atomic E-state index is 0.0489. The summed E-state index contributed by atoms with van der Waals surface area (Å²) in [5.41, 5.74) is -0.348. The van der Waals surface area contributed by atoms with Crippen molar-refractivity contribution in [3.05, 3.63) is 0 Å². The number of sulfonamides is 1. The first-order valence-corrected chi connectivity index (χ1v) is 6.38.